The number of rotatable bonds is 2. The van der Waals surface area contributed by atoms with Crippen LogP contribution in [0.3, 0.4) is 0 Å². The van der Waals surface area contributed by atoms with Crippen LogP contribution in [-0.4, -0.2) is 19.1 Å². The summed E-state index contributed by atoms with van der Waals surface area (Å²) in [4.78, 5) is 21.7. The molecule has 112 valence electrons. The van der Waals surface area contributed by atoms with Crippen LogP contribution in [0.25, 0.3) is 11.2 Å². The minimum atomic E-state index is 0.00807. The summed E-state index contributed by atoms with van der Waals surface area (Å²) in [6.45, 7) is 1.45. The van der Waals surface area contributed by atoms with Gasteiger partial charge in [0.1, 0.15) is 5.82 Å². The number of hydrogen-bond donors (Lipinski definition) is 0. The lowest BCUT2D eigenvalue weighted by molar-refractivity contribution is 0.612. The van der Waals surface area contributed by atoms with Gasteiger partial charge in [-0.25, -0.2) is 9.97 Å². The summed E-state index contributed by atoms with van der Waals surface area (Å²) >= 11 is 0. The molecule has 5 heteroatoms. The van der Waals surface area contributed by atoms with Crippen molar-refractivity contribution in [3.05, 3.63) is 58.4 Å². The first-order valence-corrected chi connectivity index (χ1v) is 7.81. The molecule has 0 amide bonds. The molecule has 0 spiro atoms. The first-order chi connectivity index (χ1) is 10.8. The third kappa shape index (κ3) is 2.22. The van der Waals surface area contributed by atoms with Gasteiger partial charge in [-0.05, 0) is 18.4 Å². The zero-order chi connectivity index (χ0) is 14.9. The highest BCUT2D eigenvalue weighted by atomic mass is 16.1. The molecule has 1 aliphatic heterocycles. The van der Waals surface area contributed by atoms with Gasteiger partial charge in [-0.3, -0.25) is 9.36 Å². The molecule has 3 aromatic rings. The molecule has 4 rings (SSSR count). The fourth-order valence-electron chi connectivity index (χ4n) is 3.12. The predicted molar refractivity (Wildman–Crippen MR) is 84.9 cm³/mol. The summed E-state index contributed by atoms with van der Waals surface area (Å²) in [6.07, 6.45) is 5.91. The Morgan fingerprint density at radius 1 is 1.09 bits per heavy atom. The van der Waals surface area contributed by atoms with Gasteiger partial charge in [-0.1, -0.05) is 36.8 Å². The first-order valence-electron chi connectivity index (χ1n) is 7.81. The van der Waals surface area contributed by atoms with E-state index in [1.165, 1.54) is 5.56 Å². The molecule has 0 unspecified atom stereocenters. The minimum absolute atomic E-state index is 0.00807. The lowest BCUT2D eigenvalue weighted by Gasteiger charge is -2.09. The van der Waals surface area contributed by atoms with Gasteiger partial charge in [-0.2, -0.15) is 0 Å². The molecule has 5 nitrogen and oxygen atoms in total. The van der Waals surface area contributed by atoms with Gasteiger partial charge < -0.3 is 4.57 Å². The quantitative estimate of drug-likeness (QED) is 0.729. The Bertz CT molecular complexity index is 863. The third-order valence-electron chi connectivity index (χ3n) is 4.28. The van der Waals surface area contributed by atoms with E-state index in [9.17, 15) is 4.79 Å². The Hall–Kier alpha value is -2.43. The number of imidazole rings is 1. The summed E-state index contributed by atoms with van der Waals surface area (Å²) in [5.74, 6) is 0.907. The Labute approximate surface area is 128 Å². The lowest BCUT2D eigenvalue weighted by Crippen LogP contribution is -2.25. The molecule has 0 fully saturated rings. The Kier molecular flexibility index (Phi) is 3.25. The van der Waals surface area contributed by atoms with Gasteiger partial charge in [0, 0.05) is 13.0 Å². The van der Waals surface area contributed by atoms with Crippen molar-refractivity contribution >= 4 is 11.2 Å². The Morgan fingerprint density at radius 2 is 1.95 bits per heavy atom. The number of fused-ring (bicyclic) bond motifs is 2. The van der Waals surface area contributed by atoms with Gasteiger partial charge in [0.25, 0.3) is 5.56 Å². The maximum Gasteiger partial charge on any atom is 0.281 e. The van der Waals surface area contributed by atoms with Crippen molar-refractivity contribution in [2.24, 2.45) is 0 Å². The van der Waals surface area contributed by atoms with E-state index in [2.05, 4.69) is 17.1 Å². The van der Waals surface area contributed by atoms with Gasteiger partial charge in [0.2, 0.25) is 0 Å². The molecule has 0 atom stereocenters. The van der Waals surface area contributed by atoms with E-state index < -0.39 is 0 Å². The molecule has 0 aliphatic carbocycles. The molecule has 0 radical (unpaired) electrons. The van der Waals surface area contributed by atoms with Crippen LogP contribution in [0.2, 0.25) is 0 Å². The molecule has 1 aromatic carbocycles. The molecule has 0 saturated heterocycles. The molecule has 0 saturated carbocycles. The first kappa shape index (κ1) is 13.2. The van der Waals surface area contributed by atoms with Crippen molar-refractivity contribution in [1.82, 2.24) is 19.1 Å². The topological polar surface area (TPSA) is 52.7 Å². The second kappa shape index (κ2) is 5.40. The van der Waals surface area contributed by atoms with Crippen LogP contribution < -0.4 is 5.56 Å². The number of nitrogens with zero attached hydrogens (tertiary/aromatic N) is 4. The second-order valence-electron chi connectivity index (χ2n) is 5.83. The van der Waals surface area contributed by atoms with Crippen LogP contribution in [0.5, 0.6) is 0 Å². The minimum Gasteiger partial charge on any atom is -0.311 e. The fourth-order valence-corrected chi connectivity index (χ4v) is 3.12. The molecular formula is C17H18N4O. The normalized spacial score (nSPS) is 14.7. The number of aryl methyl sites for hydroxylation is 1. The Morgan fingerprint density at radius 3 is 2.82 bits per heavy atom. The molecule has 22 heavy (non-hydrogen) atoms. The summed E-state index contributed by atoms with van der Waals surface area (Å²) in [5.41, 5.74) is 2.39. The Balaban J connectivity index is 1.83. The average Bonchev–Trinajstić information content (AvgIpc) is 2.79. The summed E-state index contributed by atoms with van der Waals surface area (Å²) in [6, 6.07) is 10.2. The second-order valence-corrected chi connectivity index (χ2v) is 5.83. The third-order valence-corrected chi connectivity index (χ3v) is 4.28. The van der Waals surface area contributed by atoms with Crippen LogP contribution >= 0.6 is 0 Å². The monoisotopic (exact) mass is 294 g/mol. The smallest absolute Gasteiger partial charge is 0.281 e. The highest BCUT2D eigenvalue weighted by Gasteiger charge is 2.17. The molecule has 1 aliphatic rings. The van der Waals surface area contributed by atoms with Crippen molar-refractivity contribution in [1.29, 1.82) is 0 Å². The number of hydrogen-bond acceptors (Lipinski definition) is 3. The van der Waals surface area contributed by atoms with E-state index in [1.54, 1.807) is 6.33 Å². The predicted octanol–water partition coefficient (Wildman–Crippen LogP) is 2.37. The van der Waals surface area contributed by atoms with Crippen molar-refractivity contribution in [3.63, 3.8) is 0 Å². The van der Waals surface area contributed by atoms with Crippen LogP contribution in [0.15, 0.2) is 41.5 Å². The number of benzene rings is 1. The summed E-state index contributed by atoms with van der Waals surface area (Å²) < 4.78 is 3.78. The van der Waals surface area contributed by atoms with E-state index in [0.29, 0.717) is 17.7 Å². The highest BCUT2D eigenvalue weighted by molar-refractivity contribution is 5.69. The molecular weight excluding hydrogens is 276 g/mol. The van der Waals surface area contributed by atoms with Gasteiger partial charge >= 0.3 is 0 Å². The molecule has 0 bridgehead atoms. The van der Waals surface area contributed by atoms with E-state index >= 15 is 0 Å². The van der Waals surface area contributed by atoms with E-state index in [1.807, 2.05) is 27.3 Å². The summed E-state index contributed by atoms with van der Waals surface area (Å²) in [7, 11) is 0. The molecule has 2 aromatic heterocycles. The zero-order valence-corrected chi connectivity index (χ0v) is 12.4. The largest absolute Gasteiger partial charge is 0.311 e. The number of aromatic nitrogens is 4. The van der Waals surface area contributed by atoms with E-state index in [4.69, 9.17) is 4.98 Å². The SMILES string of the molecule is O=c1c2ncn(Cc3ccccc3)c2nc2n1CCCCC2. The van der Waals surface area contributed by atoms with Crippen molar-refractivity contribution in [2.45, 2.75) is 38.8 Å². The van der Waals surface area contributed by atoms with Gasteiger partial charge in [0.05, 0.1) is 12.9 Å². The van der Waals surface area contributed by atoms with Crippen molar-refractivity contribution in [2.75, 3.05) is 0 Å². The standard InChI is InChI=1S/C17H18N4O/c22-17-15-16(19-14-9-5-2-6-10-21(14)17)20(12-18-15)11-13-7-3-1-4-8-13/h1,3-4,7-8,12H,2,5-6,9-11H2. The molecule has 0 N–H and O–H groups in total. The average molecular weight is 294 g/mol. The van der Waals surface area contributed by atoms with Gasteiger partial charge in [-0.15, -0.1) is 0 Å². The van der Waals surface area contributed by atoms with Crippen LogP contribution in [-0.2, 0) is 19.5 Å². The van der Waals surface area contributed by atoms with E-state index in [-0.39, 0.29) is 5.56 Å². The van der Waals surface area contributed by atoms with Crippen LogP contribution in [0, 0.1) is 0 Å². The van der Waals surface area contributed by atoms with Crippen molar-refractivity contribution in [3.8, 4) is 0 Å². The van der Waals surface area contributed by atoms with Crippen LogP contribution in [0.4, 0.5) is 0 Å². The lowest BCUT2D eigenvalue weighted by atomic mass is 10.2. The van der Waals surface area contributed by atoms with Gasteiger partial charge in [0.15, 0.2) is 11.2 Å². The fraction of sp³-hybridized carbons (Fsp3) is 0.353. The zero-order valence-electron chi connectivity index (χ0n) is 12.4. The maximum absolute atomic E-state index is 12.6. The highest BCUT2D eigenvalue weighted by Crippen LogP contribution is 2.15. The van der Waals surface area contributed by atoms with Crippen molar-refractivity contribution < 1.29 is 0 Å². The maximum atomic E-state index is 12.6. The molecule has 3 heterocycles. The summed E-state index contributed by atoms with van der Waals surface area (Å²) in [5, 5.41) is 0. The van der Waals surface area contributed by atoms with E-state index in [0.717, 1.165) is 38.1 Å². The van der Waals surface area contributed by atoms with Crippen LogP contribution in [0.1, 0.15) is 30.7 Å².